The second-order valence-corrected chi connectivity index (χ2v) is 5.31. The Labute approximate surface area is 101 Å². The van der Waals surface area contributed by atoms with E-state index in [1.165, 1.54) is 0 Å². The SMILES string of the molecule is CN1C2COCC1CC(O)(c1nccn1C)C2. The van der Waals surface area contributed by atoms with Crippen molar-refractivity contribution in [3.63, 3.8) is 0 Å². The first-order valence-corrected chi connectivity index (χ1v) is 6.10. The highest BCUT2D eigenvalue weighted by molar-refractivity contribution is 5.10. The monoisotopic (exact) mass is 237 g/mol. The molecule has 0 aliphatic carbocycles. The van der Waals surface area contributed by atoms with Crippen molar-refractivity contribution in [2.75, 3.05) is 20.3 Å². The summed E-state index contributed by atoms with van der Waals surface area (Å²) in [6, 6.07) is 0.591. The topological polar surface area (TPSA) is 50.5 Å². The number of nitrogens with zero attached hydrogens (tertiary/aromatic N) is 3. The smallest absolute Gasteiger partial charge is 0.140 e. The van der Waals surface area contributed by atoms with Crippen molar-refractivity contribution in [3.8, 4) is 0 Å². The number of likely N-dealkylation sites (N-methyl/N-ethyl adjacent to an activating group) is 1. The van der Waals surface area contributed by atoms with Gasteiger partial charge in [-0.05, 0) is 7.05 Å². The number of rotatable bonds is 1. The van der Waals surface area contributed by atoms with Crippen LogP contribution in [0.5, 0.6) is 0 Å². The van der Waals surface area contributed by atoms with Gasteiger partial charge in [-0.1, -0.05) is 0 Å². The summed E-state index contributed by atoms with van der Waals surface area (Å²) in [5.74, 6) is 0.780. The predicted molar refractivity (Wildman–Crippen MR) is 62.5 cm³/mol. The van der Waals surface area contributed by atoms with E-state index in [2.05, 4.69) is 16.9 Å². The van der Waals surface area contributed by atoms with Gasteiger partial charge in [0.05, 0.1) is 13.2 Å². The molecule has 0 spiro atoms. The number of aliphatic hydroxyl groups is 1. The maximum absolute atomic E-state index is 10.9. The number of fused-ring (bicyclic) bond motifs is 2. The largest absolute Gasteiger partial charge is 0.382 e. The number of imidazole rings is 1. The summed E-state index contributed by atoms with van der Waals surface area (Å²) < 4.78 is 7.49. The molecule has 94 valence electrons. The summed E-state index contributed by atoms with van der Waals surface area (Å²) in [5, 5.41) is 10.9. The molecule has 1 N–H and O–H groups in total. The Bertz CT molecular complexity index is 404. The number of hydrogen-bond acceptors (Lipinski definition) is 4. The van der Waals surface area contributed by atoms with Crippen LogP contribution in [-0.4, -0.2) is 51.9 Å². The zero-order chi connectivity index (χ0) is 12.0. The lowest BCUT2D eigenvalue weighted by Crippen LogP contribution is -2.59. The van der Waals surface area contributed by atoms with Crippen LogP contribution < -0.4 is 0 Å². The van der Waals surface area contributed by atoms with Gasteiger partial charge in [-0.15, -0.1) is 0 Å². The van der Waals surface area contributed by atoms with Gasteiger partial charge in [0.15, 0.2) is 0 Å². The average Bonchev–Trinajstić information content (AvgIpc) is 2.68. The molecular weight excluding hydrogens is 218 g/mol. The molecule has 2 aliphatic heterocycles. The standard InChI is InChI=1S/C12H19N3O2/c1-14-4-3-13-11(14)12(16)5-9-7-17-8-10(6-12)15(9)2/h3-4,9-10,16H,5-8H2,1-2H3. The van der Waals surface area contributed by atoms with E-state index < -0.39 is 5.60 Å². The van der Waals surface area contributed by atoms with Crippen molar-refractivity contribution < 1.29 is 9.84 Å². The first-order chi connectivity index (χ1) is 8.10. The molecule has 0 saturated carbocycles. The van der Waals surface area contributed by atoms with E-state index >= 15 is 0 Å². The van der Waals surface area contributed by atoms with Crippen molar-refractivity contribution in [1.29, 1.82) is 0 Å². The minimum absolute atomic E-state index is 0.296. The zero-order valence-corrected chi connectivity index (χ0v) is 10.3. The normalized spacial score (nSPS) is 38.3. The minimum atomic E-state index is -0.802. The lowest BCUT2D eigenvalue weighted by molar-refractivity contribution is -0.141. The number of piperidine rings is 1. The fraction of sp³-hybridized carbons (Fsp3) is 0.750. The summed E-state index contributed by atoms with van der Waals surface area (Å²) in [4.78, 5) is 6.65. The molecule has 3 heterocycles. The molecular formula is C12H19N3O2. The molecule has 1 aromatic heterocycles. The third-order valence-electron chi connectivity index (χ3n) is 4.16. The molecule has 2 unspecified atom stereocenters. The van der Waals surface area contributed by atoms with Gasteiger partial charge in [0.25, 0.3) is 0 Å². The van der Waals surface area contributed by atoms with E-state index in [-0.39, 0.29) is 0 Å². The summed E-state index contributed by atoms with van der Waals surface area (Å²) in [6.45, 7) is 1.42. The van der Waals surface area contributed by atoms with Crippen molar-refractivity contribution in [2.24, 2.45) is 7.05 Å². The number of hydrogen-bond donors (Lipinski definition) is 1. The lowest BCUT2D eigenvalue weighted by atomic mass is 9.81. The number of morpholine rings is 1. The highest BCUT2D eigenvalue weighted by Gasteiger charge is 2.47. The van der Waals surface area contributed by atoms with Gasteiger partial charge in [-0.3, -0.25) is 4.90 Å². The van der Waals surface area contributed by atoms with Gasteiger partial charge in [0.1, 0.15) is 11.4 Å². The van der Waals surface area contributed by atoms with Crippen molar-refractivity contribution in [1.82, 2.24) is 14.5 Å². The average molecular weight is 237 g/mol. The van der Waals surface area contributed by atoms with E-state index in [9.17, 15) is 5.11 Å². The second kappa shape index (κ2) is 3.80. The van der Waals surface area contributed by atoms with Crippen LogP contribution in [0.15, 0.2) is 12.4 Å². The highest BCUT2D eigenvalue weighted by atomic mass is 16.5. The number of aromatic nitrogens is 2. The van der Waals surface area contributed by atoms with E-state index in [0.29, 0.717) is 38.1 Å². The van der Waals surface area contributed by atoms with Crippen LogP contribution in [0.3, 0.4) is 0 Å². The Morgan fingerprint density at radius 1 is 1.35 bits per heavy atom. The molecule has 0 radical (unpaired) electrons. The fourth-order valence-electron chi connectivity index (χ4n) is 3.14. The summed E-state index contributed by atoms with van der Waals surface area (Å²) in [7, 11) is 4.06. The van der Waals surface area contributed by atoms with Crippen molar-refractivity contribution in [3.05, 3.63) is 18.2 Å². The minimum Gasteiger partial charge on any atom is -0.382 e. The third-order valence-corrected chi connectivity index (χ3v) is 4.16. The maximum atomic E-state index is 10.9. The molecule has 17 heavy (non-hydrogen) atoms. The lowest BCUT2D eigenvalue weighted by Gasteiger charge is -2.49. The molecule has 0 amide bonds. The first-order valence-electron chi connectivity index (χ1n) is 6.10. The molecule has 0 aromatic carbocycles. The van der Waals surface area contributed by atoms with Crippen LogP contribution in [0.1, 0.15) is 18.7 Å². The number of ether oxygens (including phenoxy) is 1. The molecule has 2 aliphatic rings. The molecule has 2 atom stereocenters. The zero-order valence-electron chi connectivity index (χ0n) is 10.3. The highest BCUT2D eigenvalue weighted by Crippen LogP contribution is 2.39. The Balaban J connectivity index is 1.92. The summed E-state index contributed by atoms with van der Waals surface area (Å²) in [5.41, 5.74) is -0.802. The Hall–Kier alpha value is -0.910. The summed E-state index contributed by atoms with van der Waals surface area (Å²) in [6.07, 6.45) is 5.03. The number of aryl methyl sites for hydroxylation is 1. The molecule has 5 nitrogen and oxygen atoms in total. The summed E-state index contributed by atoms with van der Waals surface area (Å²) >= 11 is 0. The van der Waals surface area contributed by atoms with Crippen LogP contribution in [0, 0.1) is 0 Å². The Morgan fingerprint density at radius 2 is 2.00 bits per heavy atom. The van der Waals surface area contributed by atoms with E-state index in [1.54, 1.807) is 6.20 Å². The quantitative estimate of drug-likeness (QED) is 0.752. The van der Waals surface area contributed by atoms with E-state index in [4.69, 9.17) is 4.74 Å². The molecule has 5 heteroatoms. The van der Waals surface area contributed by atoms with Crippen LogP contribution in [0.4, 0.5) is 0 Å². The van der Waals surface area contributed by atoms with E-state index in [0.717, 1.165) is 5.82 Å². The van der Waals surface area contributed by atoms with Crippen LogP contribution >= 0.6 is 0 Å². The second-order valence-electron chi connectivity index (χ2n) is 5.31. The van der Waals surface area contributed by atoms with Gasteiger partial charge in [-0.25, -0.2) is 4.98 Å². The fourth-order valence-corrected chi connectivity index (χ4v) is 3.14. The van der Waals surface area contributed by atoms with Crippen LogP contribution in [0.25, 0.3) is 0 Å². The van der Waals surface area contributed by atoms with Crippen LogP contribution in [0.2, 0.25) is 0 Å². The Kier molecular flexibility index (Phi) is 2.50. The maximum Gasteiger partial charge on any atom is 0.140 e. The third kappa shape index (κ3) is 1.69. The van der Waals surface area contributed by atoms with Gasteiger partial charge in [-0.2, -0.15) is 0 Å². The molecule has 2 bridgehead atoms. The van der Waals surface area contributed by atoms with Gasteiger partial charge >= 0.3 is 0 Å². The predicted octanol–water partition coefficient (Wildman–Crippen LogP) is 0.101. The van der Waals surface area contributed by atoms with Gasteiger partial charge < -0.3 is 14.4 Å². The first kappa shape index (κ1) is 11.2. The molecule has 2 saturated heterocycles. The molecule has 2 fully saturated rings. The van der Waals surface area contributed by atoms with Crippen molar-refractivity contribution in [2.45, 2.75) is 30.5 Å². The Morgan fingerprint density at radius 3 is 2.53 bits per heavy atom. The molecule has 3 rings (SSSR count). The van der Waals surface area contributed by atoms with Crippen molar-refractivity contribution >= 4 is 0 Å². The molecule has 1 aromatic rings. The van der Waals surface area contributed by atoms with Gasteiger partial charge in [0.2, 0.25) is 0 Å². The van der Waals surface area contributed by atoms with E-state index in [1.807, 2.05) is 17.8 Å². The van der Waals surface area contributed by atoms with Crippen LogP contribution in [-0.2, 0) is 17.4 Å². The van der Waals surface area contributed by atoms with Gasteiger partial charge in [0, 0.05) is 44.4 Å².